The quantitative estimate of drug-likeness (QED) is 0.359. The Kier molecular flexibility index (Phi) is 8.62. The van der Waals surface area contributed by atoms with E-state index in [1.54, 1.807) is 0 Å². The lowest BCUT2D eigenvalue weighted by atomic mass is 9.91. The standard InChI is InChI=1S/C24H30BrF3N6O2S/c1-33(2)21-17-5-3-4-6-18(17)31-22(32-21)29-15-8-10-16(11-9-15)30-23(35)34(37)19-12-7-14(25)13-20(19)36-24(26,27)28/h7,12-13,15-16,37H,3-6,8-11H2,1-2H3,(H,30,35)(H,29,31,32). The van der Waals surface area contributed by atoms with Gasteiger partial charge in [0, 0.05) is 36.2 Å². The SMILES string of the molecule is CN(C)c1nc(NC2CCC(NC(=O)N(S)c3ccc(Br)cc3OC(F)(F)F)CC2)nc2c1CCCC2. The van der Waals surface area contributed by atoms with Gasteiger partial charge in [0.15, 0.2) is 5.75 Å². The normalized spacial score (nSPS) is 19.5. The van der Waals surface area contributed by atoms with Crippen LogP contribution in [0.4, 0.5) is 35.4 Å². The molecule has 2 amide bonds. The number of nitrogens with zero attached hydrogens (tertiary/aromatic N) is 4. The van der Waals surface area contributed by atoms with Crippen LogP contribution in [-0.2, 0) is 12.8 Å². The highest BCUT2D eigenvalue weighted by atomic mass is 79.9. The maximum absolute atomic E-state index is 12.8. The van der Waals surface area contributed by atoms with Crippen LogP contribution in [0.5, 0.6) is 5.75 Å². The fraction of sp³-hybridized carbons (Fsp3) is 0.542. The number of hydrogen-bond acceptors (Lipinski definition) is 7. The van der Waals surface area contributed by atoms with Gasteiger partial charge in [-0.2, -0.15) is 4.98 Å². The number of thiol groups is 1. The molecule has 2 aliphatic rings. The lowest BCUT2D eigenvalue weighted by Crippen LogP contribution is -2.44. The number of carbonyl (C=O) groups is 1. The Labute approximate surface area is 228 Å². The molecule has 2 aliphatic carbocycles. The molecule has 0 saturated heterocycles. The molecule has 1 aromatic heterocycles. The van der Waals surface area contributed by atoms with Crippen LogP contribution in [0.3, 0.4) is 0 Å². The van der Waals surface area contributed by atoms with Gasteiger partial charge in [0.2, 0.25) is 5.95 Å². The largest absolute Gasteiger partial charge is 0.573 e. The minimum absolute atomic E-state index is 0.113. The minimum atomic E-state index is -4.90. The van der Waals surface area contributed by atoms with Crippen molar-refractivity contribution in [2.24, 2.45) is 0 Å². The lowest BCUT2D eigenvalue weighted by Gasteiger charge is -2.31. The molecule has 2 aromatic rings. The van der Waals surface area contributed by atoms with E-state index in [0.29, 0.717) is 23.3 Å². The summed E-state index contributed by atoms with van der Waals surface area (Å²) < 4.78 is 43.8. The second-order valence-electron chi connectivity index (χ2n) is 9.51. The number of benzene rings is 1. The molecular formula is C24H30BrF3N6O2S. The zero-order chi connectivity index (χ0) is 26.7. The van der Waals surface area contributed by atoms with Crippen molar-refractivity contribution in [3.05, 3.63) is 33.9 Å². The predicted molar refractivity (Wildman–Crippen MR) is 143 cm³/mol. The molecule has 4 rings (SSSR count). The molecule has 13 heteroatoms. The van der Waals surface area contributed by atoms with E-state index in [1.807, 2.05) is 19.0 Å². The van der Waals surface area contributed by atoms with Gasteiger partial charge in [-0.05, 0) is 69.6 Å². The van der Waals surface area contributed by atoms with E-state index >= 15 is 0 Å². The number of aryl methyl sites for hydroxylation is 1. The van der Waals surface area contributed by atoms with E-state index in [9.17, 15) is 18.0 Å². The Morgan fingerprint density at radius 2 is 1.78 bits per heavy atom. The number of hydrogen-bond donors (Lipinski definition) is 3. The molecule has 1 heterocycles. The van der Waals surface area contributed by atoms with Crippen molar-refractivity contribution in [1.82, 2.24) is 15.3 Å². The van der Waals surface area contributed by atoms with Gasteiger partial charge in [-0.25, -0.2) is 14.1 Å². The van der Waals surface area contributed by atoms with Crippen LogP contribution in [-0.4, -0.2) is 48.5 Å². The summed E-state index contributed by atoms with van der Waals surface area (Å²) in [4.78, 5) is 24.4. The van der Waals surface area contributed by atoms with Crippen molar-refractivity contribution in [2.75, 3.05) is 28.6 Å². The van der Waals surface area contributed by atoms with Gasteiger partial charge < -0.3 is 20.3 Å². The Balaban J connectivity index is 1.34. The number of halogens is 4. The second kappa shape index (κ2) is 11.5. The molecule has 202 valence electrons. The number of fused-ring (bicyclic) bond motifs is 1. The number of ether oxygens (including phenoxy) is 1. The highest BCUT2D eigenvalue weighted by Crippen LogP contribution is 2.36. The number of alkyl halides is 3. The third kappa shape index (κ3) is 7.13. The summed E-state index contributed by atoms with van der Waals surface area (Å²) in [5, 5.41) is 6.34. The zero-order valence-electron chi connectivity index (χ0n) is 20.6. The average molecular weight is 604 g/mol. The number of carbonyl (C=O) groups excluding carboxylic acids is 1. The van der Waals surface area contributed by atoms with Gasteiger partial charge in [0.1, 0.15) is 5.82 Å². The first-order valence-electron chi connectivity index (χ1n) is 12.2. The third-order valence-corrected chi connectivity index (χ3v) is 7.43. The van der Waals surface area contributed by atoms with Crippen LogP contribution < -0.4 is 24.6 Å². The average Bonchev–Trinajstić information content (AvgIpc) is 2.83. The molecule has 0 aliphatic heterocycles. The Morgan fingerprint density at radius 3 is 2.46 bits per heavy atom. The van der Waals surface area contributed by atoms with Crippen LogP contribution in [0, 0.1) is 0 Å². The highest BCUT2D eigenvalue weighted by molar-refractivity contribution is 9.10. The van der Waals surface area contributed by atoms with E-state index in [4.69, 9.17) is 9.97 Å². The third-order valence-electron chi connectivity index (χ3n) is 6.54. The van der Waals surface area contributed by atoms with Gasteiger partial charge >= 0.3 is 12.4 Å². The molecule has 0 bridgehead atoms. The molecule has 1 saturated carbocycles. The monoisotopic (exact) mass is 602 g/mol. The molecule has 0 spiro atoms. The van der Waals surface area contributed by atoms with E-state index < -0.39 is 18.1 Å². The smallest absolute Gasteiger partial charge is 0.403 e. The van der Waals surface area contributed by atoms with Crippen molar-refractivity contribution < 1.29 is 22.7 Å². The molecule has 1 fully saturated rings. The number of rotatable bonds is 6. The van der Waals surface area contributed by atoms with Gasteiger partial charge in [0.25, 0.3) is 0 Å². The summed E-state index contributed by atoms with van der Waals surface area (Å²) in [7, 11) is 3.98. The van der Waals surface area contributed by atoms with Crippen LogP contribution in [0.1, 0.15) is 49.8 Å². The van der Waals surface area contributed by atoms with Crippen LogP contribution in [0.15, 0.2) is 22.7 Å². The lowest BCUT2D eigenvalue weighted by molar-refractivity contribution is -0.274. The number of amides is 2. The first kappa shape index (κ1) is 27.6. The molecule has 0 unspecified atom stereocenters. The molecular weight excluding hydrogens is 573 g/mol. The molecule has 8 nitrogen and oxygen atoms in total. The van der Waals surface area contributed by atoms with E-state index in [0.717, 1.165) is 60.4 Å². The minimum Gasteiger partial charge on any atom is -0.403 e. The molecule has 0 atom stereocenters. The first-order chi connectivity index (χ1) is 17.5. The van der Waals surface area contributed by atoms with Crippen molar-refractivity contribution in [2.45, 2.75) is 69.8 Å². The fourth-order valence-corrected chi connectivity index (χ4v) is 5.35. The van der Waals surface area contributed by atoms with Crippen LogP contribution in [0.2, 0.25) is 0 Å². The van der Waals surface area contributed by atoms with Crippen molar-refractivity contribution in [3.8, 4) is 5.75 Å². The molecule has 37 heavy (non-hydrogen) atoms. The fourth-order valence-electron chi connectivity index (χ4n) is 4.79. The summed E-state index contributed by atoms with van der Waals surface area (Å²) in [6.45, 7) is 0. The van der Waals surface area contributed by atoms with E-state index in [-0.39, 0.29) is 17.8 Å². The number of nitrogens with one attached hydrogen (secondary N) is 2. The van der Waals surface area contributed by atoms with E-state index in [2.05, 4.69) is 44.1 Å². The Bertz CT molecular complexity index is 1130. The predicted octanol–water partition coefficient (Wildman–Crippen LogP) is 5.87. The van der Waals surface area contributed by atoms with Crippen LogP contribution in [0.25, 0.3) is 0 Å². The van der Waals surface area contributed by atoms with Gasteiger partial charge in [0.05, 0.1) is 11.4 Å². The zero-order valence-corrected chi connectivity index (χ0v) is 23.1. The maximum atomic E-state index is 12.8. The molecule has 2 N–H and O–H groups in total. The number of urea groups is 1. The van der Waals surface area contributed by atoms with Crippen molar-refractivity contribution in [3.63, 3.8) is 0 Å². The summed E-state index contributed by atoms with van der Waals surface area (Å²) in [5.74, 6) is 1.07. The van der Waals surface area contributed by atoms with Crippen molar-refractivity contribution in [1.29, 1.82) is 0 Å². The van der Waals surface area contributed by atoms with Gasteiger partial charge in [-0.15, -0.1) is 13.2 Å². The highest BCUT2D eigenvalue weighted by Gasteiger charge is 2.34. The van der Waals surface area contributed by atoms with Gasteiger partial charge in [-0.1, -0.05) is 28.7 Å². The van der Waals surface area contributed by atoms with E-state index in [1.165, 1.54) is 17.7 Å². The molecule has 1 aromatic carbocycles. The van der Waals surface area contributed by atoms with Crippen molar-refractivity contribution >= 4 is 52.2 Å². The number of aromatic nitrogens is 2. The van der Waals surface area contributed by atoms with Crippen LogP contribution >= 0.6 is 28.7 Å². The second-order valence-corrected chi connectivity index (χ2v) is 10.8. The summed E-state index contributed by atoms with van der Waals surface area (Å²) >= 11 is 7.26. The Morgan fingerprint density at radius 1 is 1.11 bits per heavy atom. The number of anilines is 3. The summed E-state index contributed by atoms with van der Waals surface area (Å²) in [5.41, 5.74) is 2.24. The summed E-state index contributed by atoms with van der Waals surface area (Å²) in [6.07, 6.45) is 2.31. The van der Waals surface area contributed by atoms with Gasteiger partial charge in [-0.3, -0.25) is 0 Å². The molecule has 0 radical (unpaired) electrons. The Hall–Kier alpha value is -2.41. The first-order valence-corrected chi connectivity index (χ1v) is 13.4. The summed E-state index contributed by atoms with van der Waals surface area (Å²) in [6, 6.07) is 3.39. The maximum Gasteiger partial charge on any atom is 0.573 e. The topological polar surface area (TPSA) is 82.6 Å².